The van der Waals surface area contributed by atoms with E-state index in [1.807, 2.05) is 6.07 Å². The summed E-state index contributed by atoms with van der Waals surface area (Å²) in [5, 5.41) is 0. The highest BCUT2D eigenvalue weighted by atomic mass is 16.6. The van der Waals surface area contributed by atoms with E-state index in [-0.39, 0.29) is 12.6 Å². The van der Waals surface area contributed by atoms with Crippen LogP contribution in [0.15, 0.2) is 18.3 Å². The van der Waals surface area contributed by atoms with Gasteiger partial charge in [0.25, 0.3) is 0 Å². The van der Waals surface area contributed by atoms with E-state index in [2.05, 4.69) is 14.6 Å². The number of rotatable bonds is 4. The third-order valence-electron chi connectivity index (χ3n) is 2.73. The van der Waals surface area contributed by atoms with Crippen LogP contribution in [0.2, 0.25) is 0 Å². The Hall–Kier alpha value is -1.78. The number of esters is 1. The first-order chi connectivity index (χ1) is 8.31. The van der Waals surface area contributed by atoms with Crippen LogP contribution in [-0.2, 0) is 9.53 Å². The molecule has 0 N–H and O–H groups in total. The van der Waals surface area contributed by atoms with Crippen molar-refractivity contribution in [1.82, 2.24) is 4.98 Å². The molecule has 1 aromatic rings. The molecule has 0 unspecified atom stereocenters. The zero-order valence-electron chi connectivity index (χ0n) is 9.89. The lowest BCUT2D eigenvalue weighted by atomic mass is 10.4. The lowest BCUT2D eigenvalue weighted by Crippen LogP contribution is -2.21. The van der Waals surface area contributed by atoms with Crippen LogP contribution in [0.4, 0.5) is 5.82 Å². The molecule has 1 aliphatic heterocycles. The average molecular weight is 236 g/mol. The van der Waals surface area contributed by atoms with Gasteiger partial charge in [0.05, 0.1) is 7.11 Å². The number of aromatic nitrogens is 1. The van der Waals surface area contributed by atoms with Crippen LogP contribution in [0.1, 0.15) is 12.8 Å². The summed E-state index contributed by atoms with van der Waals surface area (Å²) in [6.07, 6.45) is 4.08. The minimum atomic E-state index is -0.388. The molecule has 1 aromatic heterocycles. The second-order valence-corrected chi connectivity index (χ2v) is 3.88. The SMILES string of the molecule is COC(=O)COc1cccnc1N1CCCC1. The number of pyridine rings is 1. The highest BCUT2D eigenvalue weighted by Gasteiger charge is 2.18. The molecule has 2 rings (SSSR count). The second kappa shape index (κ2) is 5.52. The first kappa shape index (κ1) is 11.7. The highest BCUT2D eigenvalue weighted by molar-refractivity contribution is 5.71. The van der Waals surface area contributed by atoms with Crippen molar-refractivity contribution in [1.29, 1.82) is 0 Å². The van der Waals surface area contributed by atoms with Crippen molar-refractivity contribution in [3.05, 3.63) is 18.3 Å². The van der Waals surface area contributed by atoms with Crippen molar-refractivity contribution in [3.8, 4) is 5.75 Å². The quantitative estimate of drug-likeness (QED) is 0.736. The Bertz CT molecular complexity index is 389. The molecule has 1 aliphatic rings. The van der Waals surface area contributed by atoms with Gasteiger partial charge in [-0.05, 0) is 25.0 Å². The maximum atomic E-state index is 11.0. The molecular weight excluding hydrogens is 220 g/mol. The van der Waals surface area contributed by atoms with E-state index in [0.717, 1.165) is 18.9 Å². The van der Waals surface area contributed by atoms with Crippen molar-refractivity contribution in [3.63, 3.8) is 0 Å². The Balaban J connectivity index is 2.07. The van der Waals surface area contributed by atoms with E-state index < -0.39 is 0 Å². The highest BCUT2D eigenvalue weighted by Crippen LogP contribution is 2.27. The van der Waals surface area contributed by atoms with Crippen molar-refractivity contribution in [2.45, 2.75) is 12.8 Å². The van der Waals surface area contributed by atoms with Crippen molar-refractivity contribution < 1.29 is 14.3 Å². The predicted molar refractivity (Wildman–Crippen MR) is 63.2 cm³/mol. The first-order valence-corrected chi connectivity index (χ1v) is 5.71. The molecule has 17 heavy (non-hydrogen) atoms. The second-order valence-electron chi connectivity index (χ2n) is 3.88. The lowest BCUT2D eigenvalue weighted by Gasteiger charge is -2.19. The maximum absolute atomic E-state index is 11.0. The molecule has 1 saturated heterocycles. The number of nitrogens with zero attached hydrogens (tertiary/aromatic N) is 2. The van der Waals surface area contributed by atoms with Gasteiger partial charge in [-0.25, -0.2) is 9.78 Å². The number of carbonyl (C=O) groups is 1. The van der Waals surface area contributed by atoms with E-state index in [0.29, 0.717) is 5.75 Å². The fourth-order valence-electron chi connectivity index (χ4n) is 1.86. The zero-order valence-corrected chi connectivity index (χ0v) is 9.89. The van der Waals surface area contributed by atoms with E-state index in [4.69, 9.17) is 4.74 Å². The summed E-state index contributed by atoms with van der Waals surface area (Å²) in [5.74, 6) is 1.06. The number of methoxy groups -OCH3 is 1. The van der Waals surface area contributed by atoms with Crippen LogP contribution in [0.5, 0.6) is 5.75 Å². The number of hydrogen-bond donors (Lipinski definition) is 0. The van der Waals surface area contributed by atoms with Gasteiger partial charge in [0.15, 0.2) is 18.2 Å². The molecular formula is C12H16N2O3. The summed E-state index contributed by atoms with van der Waals surface area (Å²) >= 11 is 0. The van der Waals surface area contributed by atoms with E-state index in [9.17, 15) is 4.79 Å². The van der Waals surface area contributed by atoms with Gasteiger partial charge in [0.1, 0.15) is 0 Å². The Morgan fingerprint density at radius 1 is 1.47 bits per heavy atom. The Morgan fingerprint density at radius 2 is 2.24 bits per heavy atom. The fraction of sp³-hybridized carbons (Fsp3) is 0.500. The van der Waals surface area contributed by atoms with Crippen LogP contribution < -0.4 is 9.64 Å². The molecule has 1 fully saturated rings. The molecule has 0 amide bonds. The van der Waals surface area contributed by atoms with Gasteiger partial charge < -0.3 is 14.4 Å². The molecule has 5 heteroatoms. The number of ether oxygens (including phenoxy) is 2. The molecule has 0 radical (unpaired) electrons. The summed E-state index contributed by atoms with van der Waals surface area (Å²) in [6, 6.07) is 3.62. The third-order valence-corrected chi connectivity index (χ3v) is 2.73. The van der Waals surface area contributed by atoms with Gasteiger partial charge >= 0.3 is 5.97 Å². The van der Waals surface area contributed by atoms with E-state index in [1.54, 1.807) is 12.3 Å². The van der Waals surface area contributed by atoms with Gasteiger partial charge in [-0.1, -0.05) is 0 Å². The Morgan fingerprint density at radius 3 is 2.94 bits per heavy atom. The lowest BCUT2D eigenvalue weighted by molar-refractivity contribution is -0.142. The van der Waals surface area contributed by atoms with Crippen LogP contribution in [0.3, 0.4) is 0 Å². The molecule has 0 atom stereocenters. The zero-order chi connectivity index (χ0) is 12.1. The summed E-state index contributed by atoms with van der Waals surface area (Å²) in [4.78, 5) is 17.5. The van der Waals surface area contributed by atoms with Crippen LogP contribution >= 0.6 is 0 Å². The number of hydrogen-bond acceptors (Lipinski definition) is 5. The van der Waals surface area contributed by atoms with Crippen molar-refractivity contribution in [2.75, 3.05) is 31.7 Å². The Labute approximate surface area is 100 Å². The van der Waals surface area contributed by atoms with E-state index >= 15 is 0 Å². The predicted octanol–water partition coefficient (Wildman–Crippen LogP) is 1.23. The molecule has 92 valence electrons. The minimum absolute atomic E-state index is 0.0803. The van der Waals surface area contributed by atoms with Crippen molar-refractivity contribution >= 4 is 11.8 Å². The molecule has 0 bridgehead atoms. The number of carbonyl (C=O) groups excluding carboxylic acids is 1. The van der Waals surface area contributed by atoms with Gasteiger partial charge in [-0.15, -0.1) is 0 Å². The minimum Gasteiger partial charge on any atom is -0.478 e. The van der Waals surface area contributed by atoms with Gasteiger partial charge in [-0.3, -0.25) is 0 Å². The molecule has 0 spiro atoms. The summed E-state index contributed by atoms with van der Waals surface area (Å²) in [6.45, 7) is 1.90. The van der Waals surface area contributed by atoms with Crippen LogP contribution in [0, 0.1) is 0 Å². The van der Waals surface area contributed by atoms with E-state index in [1.165, 1.54) is 20.0 Å². The van der Waals surface area contributed by atoms with Gasteiger partial charge in [-0.2, -0.15) is 0 Å². The summed E-state index contributed by atoms with van der Waals surface area (Å²) in [5.41, 5.74) is 0. The summed E-state index contributed by atoms with van der Waals surface area (Å²) in [7, 11) is 1.34. The molecule has 0 aliphatic carbocycles. The smallest absolute Gasteiger partial charge is 0.343 e. The normalized spacial score (nSPS) is 14.8. The average Bonchev–Trinajstić information content (AvgIpc) is 2.90. The van der Waals surface area contributed by atoms with Crippen LogP contribution in [-0.4, -0.2) is 37.8 Å². The third kappa shape index (κ3) is 2.87. The molecule has 0 aromatic carbocycles. The standard InChI is InChI=1S/C12H16N2O3/c1-16-11(15)9-17-10-5-4-6-13-12(10)14-7-2-3-8-14/h4-6H,2-3,7-9H2,1H3. The summed E-state index contributed by atoms with van der Waals surface area (Å²) < 4.78 is 9.96. The van der Waals surface area contributed by atoms with Gasteiger partial charge in [0.2, 0.25) is 0 Å². The topological polar surface area (TPSA) is 51.7 Å². The number of anilines is 1. The monoisotopic (exact) mass is 236 g/mol. The molecule has 2 heterocycles. The largest absolute Gasteiger partial charge is 0.478 e. The maximum Gasteiger partial charge on any atom is 0.343 e. The van der Waals surface area contributed by atoms with Gasteiger partial charge in [0, 0.05) is 19.3 Å². The van der Waals surface area contributed by atoms with Crippen LogP contribution in [0.25, 0.3) is 0 Å². The molecule has 0 saturated carbocycles. The molecule has 5 nitrogen and oxygen atoms in total. The van der Waals surface area contributed by atoms with Crippen molar-refractivity contribution in [2.24, 2.45) is 0 Å². The Kier molecular flexibility index (Phi) is 3.80. The first-order valence-electron chi connectivity index (χ1n) is 5.71. The fourth-order valence-corrected chi connectivity index (χ4v) is 1.86.